The standard InChI is InChI=1S/C14H14N2O3/c1-2-19-14(18)8-5-9-16-12-7-4-3-6-11(12)13(17)10-15-16/h3-8,10H,2,9H2,1H3/b8-5+. The number of para-hydroxylation sites is 1. The van der Waals surface area contributed by atoms with Crippen molar-refractivity contribution < 1.29 is 9.53 Å². The molecule has 5 heteroatoms. The third kappa shape index (κ3) is 3.07. The van der Waals surface area contributed by atoms with E-state index in [4.69, 9.17) is 4.74 Å². The topological polar surface area (TPSA) is 61.2 Å². The first kappa shape index (κ1) is 13.0. The van der Waals surface area contributed by atoms with Crippen molar-refractivity contribution in [3.8, 4) is 0 Å². The molecule has 2 aromatic rings. The summed E-state index contributed by atoms with van der Waals surface area (Å²) in [5.74, 6) is -0.382. The van der Waals surface area contributed by atoms with E-state index in [9.17, 15) is 9.59 Å². The molecule has 5 nitrogen and oxygen atoms in total. The zero-order chi connectivity index (χ0) is 13.7. The number of rotatable bonds is 4. The third-order valence-corrected chi connectivity index (χ3v) is 2.58. The second kappa shape index (κ2) is 5.95. The number of fused-ring (bicyclic) bond motifs is 1. The van der Waals surface area contributed by atoms with Crippen LogP contribution >= 0.6 is 0 Å². The molecule has 2 rings (SSSR count). The quantitative estimate of drug-likeness (QED) is 0.616. The van der Waals surface area contributed by atoms with Crippen LogP contribution in [-0.4, -0.2) is 22.4 Å². The first-order valence-corrected chi connectivity index (χ1v) is 6.00. The van der Waals surface area contributed by atoms with Crippen LogP contribution in [0.5, 0.6) is 0 Å². The number of hydrogen-bond acceptors (Lipinski definition) is 4. The second-order valence-corrected chi connectivity index (χ2v) is 3.86. The molecule has 98 valence electrons. The molecule has 0 saturated carbocycles. The molecule has 0 amide bonds. The summed E-state index contributed by atoms with van der Waals surface area (Å²) >= 11 is 0. The molecular weight excluding hydrogens is 244 g/mol. The average molecular weight is 258 g/mol. The largest absolute Gasteiger partial charge is 0.463 e. The van der Waals surface area contributed by atoms with Crippen LogP contribution in [0.2, 0.25) is 0 Å². The van der Waals surface area contributed by atoms with Crippen LogP contribution in [0.15, 0.2) is 47.4 Å². The van der Waals surface area contributed by atoms with E-state index < -0.39 is 0 Å². The van der Waals surface area contributed by atoms with Crippen molar-refractivity contribution in [2.24, 2.45) is 0 Å². The van der Waals surface area contributed by atoms with Crippen LogP contribution in [0.4, 0.5) is 0 Å². The van der Waals surface area contributed by atoms with Gasteiger partial charge >= 0.3 is 5.97 Å². The van der Waals surface area contributed by atoms with Gasteiger partial charge in [-0.05, 0) is 19.1 Å². The Morgan fingerprint density at radius 1 is 1.42 bits per heavy atom. The maximum atomic E-state index is 11.6. The maximum Gasteiger partial charge on any atom is 0.330 e. The van der Waals surface area contributed by atoms with Crippen LogP contribution < -0.4 is 5.43 Å². The molecule has 0 radical (unpaired) electrons. The number of allylic oxidation sites excluding steroid dienone is 1. The van der Waals surface area contributed by atoms with Gasteiger partial charge < -0.3 is 4.74 Å². The minimum atomic E-state index is -0.382. The molecule has 0 aliphatic heterocycles. The van der Waals surface area contributed by atoms with E-state index in [2.05, 4.69) is 5.10 Å². The van der Waals surface area contributed by atoms with E-state index in [0.29, 0.717) is 18.5 Å². The minimum absolute atomic E-state index is 0.110. The first-order valence-electron chi connectivity index (χ1n) is 6.00. The summed E-state index contributed by atoms with van der Waals surface area (Å²) in [5.41, 5.74) is 0.629. The molecule has 0 unspecified atom stereocenters. The third-order valence-electron chi connectivity index (χ3n) is 2.58. The molecule has 0 saturated heterocycles. The van der Waals surface area contributed by atoms with Gasteiger partial charge in [0.25, 0.3) is 0 Å². The van der Waals surface area contributed by atoms with Crippen molar-refractivity contribution in [1.29, 1.82) is 0 Å². The highest BCUT2D eigenvalue weighted by Gasteiger charge is 2.01. The lowest BCUT2D eigenvalue weighted by Gasteiger charge is -2.05. The Morgan fingerprint density at radius 2 is 2.21 bits per heavy atom. The monoisotopic (exact) mass is 258 g/mol. The Labute approximate surface area is 110 Å². The molecule has 19 heavy (non-hydrogen) atoms. The fourth-order valence-electron chi connectivity index (χ4n) is 1.75. The molecular formula is C14H14N2O3. The van der Waals surface area contributed by atoms with Gasteiger partial charge in [0, 0.05) is 11.5 Å². The first-order chi connectivity index (χ1) is 9.22. The summed E-state index contributed by atoms with van der Waals surface area (Å²) in [6, 6.07) is 7.23. The number of aromatic nitrogens is 2. The highest BCUT2D eigenvalue weighted by Crippen LogP contribution is 2.07. The van der Waals surface area contributed by atoms with Crippen molar-refractivity contribution in [2.45, 2.75) is 13.5 Å². The van der Waals surface area contributed by atoms with Gasteiger partial charge in [0.2, 0.25) is 5.43 Å². The molecule has 0 fully saturated rings. The number of esters is 1. The van der Waals surface area contributed by atoms with Crippen LogP contribution in [0, 0.1) is 0 Å². The van der Waals surface area contributed by atoms with Gasteiger partial charge in [-0.25, -0.2) is 4.79 Å². The molecule has 0 aliphatic carbocycles. The van der Waals surface area contributed by atoms with Gasteiger partial charge in [-0.15, -0.1) is 0 Å². The lowest BCUT2D eigenvalue weighted by Crippen LogP contribution is -2.11. The van der Waals surface area contributed by atoms with Gasteiger partial charge in [-0.1, -0.05) is 18.2 Å². The minimum Gasteiger partial charge on any atom is -0.463 e. The number of carbonyl (C=O) groups excluding carboxylic acids is 1. The molecule has 1 aromatic carbocycles. The number of carbonyl (C=O) groups is 1. The summed E-state index contributed by atoms with van der Waals surface area (Å²) in [6.07, 6.45) is 4.29. The smallest absolute Gasteiger partial charge is 0.330 e. The Balaban J connectivity index is 2.24. The Bertz CT molecular complexity index is 674. The number of hydrogen-bond donors (Lipinski definition) is 0. The van der Waals surface area contributed by atoms with Crippen LogP contribution in [0.1, 0.15) is 6.92 Å². The molecule has 0 aliphatic rings. The van der Waals surface area contributed by atoms with Gasteiger partial charge in [0.15, 0.2) is 0 Å². The van der Waals surface area contributed by atoms with Crippen molar-refractivity contribution in [1.82, 2.24) is 9.78 Å². The lowest BCUT2D eigenvalue weighted by atomic mass is 10.2. The molecule has 1 heterocycles. The fourth-order valence-corrected chi connectivity index (χ4v) is 1.75. The lowest BCUT2D eigenvalue weighted by molar-refractivity contribution is -0.137. The van der Waals surface area contributed by atoms with Crippen molar-refractivity contribution in [2.75, 3.05) is 6.61 Å². The Hall–Kier alpha value is -2.43. The van der Waals surface area contributed by atoms with Crippen molar-refractivity contribution >= 4 is 16.9 Å². The zero-order valence-corrected chi connectivity index (χ0v) is 10.6. The number of ether oxygens (including phenoxy) is 1. The highest BCUT2D eigenvalue weighted by molar-refractivity contribution is 5.82. The maximum absolute atomic E-state index is 11.6. The zero-order valence-electron chi connectivity index (χ0n) is 10.6. The van der Waals surface area contributed by atoms with E-state index >= 15 is 0 Å². The second-order valence-electron chi connectivity index (χ2n) is 3.86. The van der Waals surface area contributed by atoms with Gasteiger partial charge in [0.1, 0.15) is 0 Å². The number of nitrogens with zero attached hydrogens (tertiary/aromatic N) is 2. The molecule has 0 N–H and O–H groups in total. The van der Waals surface area contributed by atoms with Gasteiger partial charge in [-0.2, -0.15) is 5.10 Å². The van der Waals surface area contributed by atoms with E-state index in [0.717, 1.165) is 5.52 Å². The SMILES string of the molecule is CCOC(=O)/C=C/Cn1ncc(=O)c2ccccc21. The van der Waals surface area contributed by atoms with Crippen molar-refractivity contribution in [3.63, 3.8) is 0 Å². The molecule has 0 atom stereocenters. The van der Waals surface area contributed by atoms with Crippen LogP contribution in [0.3, 0.4) is 0 Å². The predicted octanol–water partition coefficient (Wildman–Crippen LogP) is 1.52. The summed E-state index contributed by atoms with van der Waals surface area (Å²) in [7, 11) is 0. The molecule has 0 bridgehead atoms. The summed E-state index contributed by atoms with van der Waals surface area (Å²) in [6.45, 7) is 2.50. The normalized spacial score (nSPS) is 11.0. The van der Waals surface area contributed by atoms with Crippen LogP contribution in [0.25, 0.3) is 10.9 Å². The van der Waals surface area contributed by atoms with Gasteiger partial charge in [0.05, 0.1) is 24.9 Å². The number of benzene rings is 1. The van der Waals surface area contributed by atoms with Crippen LogP contribution in [-0.2, 0) is 16.1 Å². The predicted molar refractivity (Wildman–Crippen MR) is 71.8 cm³/mol. The van der Waals surface area contributed by atoms with E-state index in [-0.39, 0.29) is 11.4 Å². The Kier molecular flexibility index (Phi) is 4.07. The van der Waals surface area contributed by atoms with Crippen molar-refractivity contribution in [3.05, 3.63) is 52.8 Å². The molecule has 1 aromatic heterocycles. The van der Waals surface area contributed by atoms with Gasteiger partial charge in [-0.3, -0.25) is 9.48 Å². The highest BCUT2D eigenvalue weighted by atomic mass is 16.5. The average Bonchev–Trinajstić information content (AvgIpc) is 2.42. The molecule has 0 spiro atoms. The van der Waals surface area contributed by atoms with E-state index in [1.807, 2.05) is 18.2 Å². The van der Waals surface area contributed by atoms with E-state index in [1.165, 1.54) is 12.3 Å². The summed E-state index contributed by atoms with van der Waals surface area (Å²) < 4.78 is 6.44. The summed E-state index contributed by atoms with van der Waals surface area (Å²) in [4.78, 5) is 22.8. The Morgan fingerprint density at radius 3 is 3.00 bits per heavy atom. The summed E-state index contributed by atoms with van der Waals surface area (Å²) in [5, 5.41) is 4.66. The fraction of sp³-hybridized carbons (Fsp3) is 0.214. The van der Waals surface area contributed by atoms with E-state index in [1.54, 1.807) is 23.7 Å².